The van der Waals surface area contributed by atoms with Crippen LogP contribution in [0.2, 0.25) is 0 Å². The van der Waals surface area contributed by atoms with Gasteiger partial charge in [0.25, 0.3) is 0 Å². The normalized spacial score (nSPS) is 11.7. The quantitative estimate of drug-likeness (QED) is 0.148. The van der Waals surface area contributed by atoms with Crippen molar-refractivity contribution >= 4 is 55.0 Å². The van der Waals surface area contributed by atoms with Crippen molar-refractivity contribution in [3.8, 4) is 55.9 Å². The molecule has 0 saturated carbocycles. The van der Waals surface area contributed by atoms with Crippen molar-refractivity contribution in [1.29, 1.82) is 0 Å². The van der Waals surface area contributed by atoms with E-state index < -0.39 is 11.7 Å². The van der Waals surface area contributed by atoms with Crippen molar-refractivity contribution in [2.24, 2.45) is 0 Å². The van der Waals surface area contributed by atoms with Crippen LogP contribution in [0.3, 0.4) is 0 Å². The van der Waals surface area contributed by atoms with E-state index in [2.05, 4.69) is 124 Å². The molecule has 0 aliphatic heterocycles. The Kier molecular flexibility index (Phi) is 9.46. The van der Waals surface area contributed by atoms with Crippen molar-refractivity contribution in [3.05, 3.63) is 228 Å². The highest BCUT2D eigenvalue weighted by atomic mass is 19.4. The minimum absolute atomic E-state index is 0.112. The second-order valence-corrected chi connectivity index (χ2v) is 16.7. The summed E-state index contributed by atoms with van der Waals surface area (Å²) in [5, 5.41) is 4.28. The van der Waals surface area contributed by atoms with Gasteiger partial charge >= 0.3 is 6.18 Å². The van der Waals surface area contributed by atoms with E-state index in [1.54, 1.807) is 0 Å². The Morgan fingerprint density at radius 3 is 1.50 bits per heavy atom. The first-order valence-corrected chi connectivity index (χ1v) is 21.6. The highest BCUT2D eigenvalue weighted by Gasteiger charge is 2.31. The minimum atomic E-state index is -4.61. The SMILES string of the molecule is [C-]#[N+]c1cc(C(F)(F)F)ccc1-c1ccc(-n2c3ccccc3c3cc(-c4ccccc4C)ccc32)c(-c2cc(-n3c4ccccc4c4cc(-c5ccccc5C)ccc43)ccc2[N+]#[C-])c1. The van der Waals surface area contributed by atoms with Crippen LogP contribution in [-0.2, 0) is 6.18 Å². The van der Waals surface area contributed by atoms with Gasteiger partial charge in [-0.15, -0.1) is 0 Å². The fourth-order valence-electron chi connectivity index (χ4n) is 9.75. The maximum absolute atomic E-state index is 13.9. The van der Waals surface area contributed by atoms with Crippen LogP contribution in [0, 0.1) is 27.0 Å². The summed E-state index contributed by atoms with van der Waals surface area (Å²) < 4.78 is 46.3. The lowest BCUT2D eigenvalue weighted by Crippen LogP contribution is -2.04. The lowest BCUT2D eigenvalue weighted by molar-refractivity contribution is -0.137. The third-order valence-electron chi connectivity index (χ3n) is 12.9. The summed E-state index contributed by atoms with van der Waals surface area (Å²) in [5.74, 6) is 0. The molecule has 0 aliphatic rings. The predicted octanol–water partition coefficient (Wildman–Crippen LogP) is 17.3. The molecule has 11 rings (SSSR count). The average molecular weight is 859 g/mol. The molecule has 0 fully saturated rings. The van der Waals surface area contributed by atoms with Crippen molar-refractivity contribution in [1.82, 2.24) is 9.13 Å². The molecule has 0 saturated heterocycles. The second kappa shape index (κ2) is 15.6. The van der Waals surface area contributed by atoms with Crippen LogP contribution in [0.4, 0.5) is 24.5 Å². The van der Waals surface area contributed by atoms with E-state index in [0.29, 0.717) is 27.9 Å². The van der Waals surface area contributed by atoms with E-state index in [-0.39, 0.29) is 5.69 Å². The Balaban J connectivity index is 1.18. The molecular weight excluding hydrogens is 822 g/mol. The van der Waals surface area contributed by atoms with Gasteiger partial charge in [0.05, 0.1) is 40.9 Å². The molecule has 9 aromatic carbocycles. The summed E-state index contributed by atoms with van der Waals surface area (Å²) in [6.07, 6.45) is -4.61. The predicted molar refractivity (Wildman–Crippen MR) is 264 cm³/mol. The smallest absolute Gasteiger partial charge is 0.309 e. The molecule has 0 unspecified atom stereocenters. The molecule has 2 aromatic heterocycles. The van der Waals surface area contributed by atoms with Crippen LogP contribution < -0.4 is 0 Å². The van der Waals surface area contributed by atoms with Crippen LogP contribution in [0.5, 0.6) is 0 Å². The summed E-state index contributed by atoms with van der Waals surface area (Å²) in [5.41, 5.74) is 14.0. The molecule has 0 radical (unpaired) electrons. The third kappa shape index (κ3) is 6.52. The van der Waals surface area contributed by atoms with E-state index >= 15 is 0 Å². The lowest BCUT2D eigenvalue weighted by atomic mass is 9.94. The molecule has 0 spiro atoms. The number of hydrogen-bond donors (Lipinski definition) is 0. The summed E-state index contributed by atoms with van der Waals surface area (Å²) >= 11 is 0. The van der Waals surface area contributed by atoms with E-state index in [0.717, 1.165) is 83.8 Å². The van der Waals surface area contributed by atoms with Gasteiger partial charge in [-0.25, -0.2) is 9.69 Å². The fourth-order valence-corrected chi connectivity index (χ4v) is 9.75. The number of aryl methyl sites for hydroxylation is 2. The number of aromatic nitrogens is 2. The van der Waals surface area contributed by atoms with Crippen molar-refractivity contribution in [3.63, 3.8) is 0 Å². The van der Waals surface area contributed by atoms with E-state index in [4.69, 9.17) is 13.1 Å². The fraction of sp³-hybridized carbons (Fsp3) is 0.0508. The molecular formula is C59H37F3N4. The van der Waals surface area contributed by atoms with Crippen molar-refractivity contribution in [2.75, 3.05) is 0 Å². The first-order chi connectivity index (χ1) is 32.1. The number of para-hydroxylation sites is 2. The highest BCUT2D eigenvalue weighted by Crippen LogP contribution is 2.46. The number of rotatable bonds is 6. The Labute approximate surface area is 379 Å². The molecule has 314 valence electrons. The molecule has 66 heavy (non-hydrogen) atoms. The zero-order valence-electron chi connectivity index (χ0n) is 35.8. The van der Waals surface area contributed by atoms with E-state index in [1.165, 1.54) is 22.8 Å². The van der Waals surface area contributed by atoms with Gasteiger partial charge in [0, 0.05) is 32.8 Å². The van der Waals surface area contributed by atoms with E-state index in [9.17, 15) is 13.2 Å². The monoisotopic (exact) mass is 858 g/mol. The van der Waals surface area contributed by atoms with Gasteiger partial charge in [0.1, 0.15) is 0 Å². The Bertz CT molecular complexity index is 3870. The largest absolute Gasteiger partial charge is 0.415 e. The standard InChI is InChI=1S/C59H37F3N4/c1-36-13-5-7-15-43(36)38-21-28-56-49(31-38)46-17-9-11-19-54(46)65(56)42-25-27-52(63-3)48(35-42)51-33-40(45-26-24-41(59(60,61)62)34-53(45)64-4)23-30-58(51)66-55-20-12-10-18-47(55)50-32-39(22-29-57(50)66)44-16-8-6-14-37(44)2/h5-35H,1-2H3. The van der Waals surface area contributed by atoms with Crippen LogP contribution >= 0.6 is 0 Å². The second-order valence-electron chi connectivity index (χ2n) is 16.7. The van der Waals surface area contributed by atoms with Crippen LogP contribution in [0.15, 0.2) is 188 Å². The maximum Gasteiger partial charge on any atom is 0.415 e. The summed E-state index contributed by atoms with van der Waals surface area (Å²) in [7, 11) is 0. The zero-order chi connectivity index (χ0) is 45.3. The topological polar surface area (TPSA) is 18.6 Å². The number of alkyl halides is 3. The molecule has 0 atom stereocenters. The number of benzene rings is 9. The van der Waals surface area contributed by atoms with Crippen molar-refractivity contribution < 1.29 is 13.2 Å². The zero-order valence-corrected chi connectivity index (χ0v) is 35.8. The molecule has 4 nitrogen and oxygen atoms in total. The average Bonchev–Trinajstić information content (AvgIpc) is 3.85. The van der Waals surface area contributed by atoms with Gasteiger partial charge in [-0.1, -0.05) is 121 Å². The summed E-state index contributed by atoms with van der Waals surface area (Å²) in [6.45, 7) is 20.7. The molecule has 11 aromatic rings. The highest BCUT2D eigenvalue weighted by molar-refractivity contribution is 6.12. The first-order valence-electron chi connectivity index (χ1n) is 21.6. The first kappa shape index (κ1) is 40.1. The molecule has 2 heterocycles. The Morgan fingerprint density at radius 1 is 0.394 bits per heavy atom. The number of halogens is 3. The van der Waals surface area contributed by atoms with Gasteiger partial charge in [-0.05, 0) is 136 Å². The summed E-state index contributed by atoms with van der Waals surface area (Å²) in [6, 6.07) is 61.2. The minimum Gasteiger partial charge on any atom is -0.309 e. The third-order valence-corrected chi connectivity index (χ3v) is 12.9. The van der Waals surface area contributed by atoms with Gasteiger partial charge in [-0.3, -0.25) is 0 Å². The Morgan fingerprint density at radius 2 is 0.909 bits per heavy atom. The molecule has 0 N–H and O–H groups in total. The molecule has 0 amide bonds. The van der Waals surface area contributed by atoms with Gasteiger partial charge in [-0.2, -0.15) is 13.2 Å². The number of fused-ring (bicyclic) bond motifs is 6. The van der Waals surface area contributed by atoms with Gasteiger partial charge in [0.2, 0.25) is 0 Å². The molecule has 7 heteroatoms. The lowest BCUT2D eigenvalue weighted by Gasteiger charge is -2.19. The van der Waals surface area contributed by atoms with Crippen molar-refractivity contribution in [2.45, 2.75) is 20.0 Å². The van der Waals surface area contributed by atoms with Crippen LogP contribution in [0.1, 0.15) is 16.7 Å². The van der Waals surface area contributed by atoms with Gasteiger partial charge < -0.3 is 9.13 Å². The van der Waals surface area contributed by atoms with E-state index in [1.807, 2.05) is 78.9 Å². The Hall–Kier alpha value is -8.65. The number of nitrogens with zero attached hydrogens (tertiary/aromatic N) is 4. The van der Waals surface area contributed by atoms with Gasteiger partial charge in [0.15, 0.2) is 11.4 Å². The van der Waals surface area contributed by atoms with Crippen LogP contribution in [0.25, 0.3) is 109 Å². The molecule has 0 bridgehead atoms. The molecule has 0 aliphatic carbocycles. The summed E-state index contributed by atoms with van der Waals surface area (Å²) in [4.78, 5) is 7.66. The van der Waals surface area contributed by atoms with Crippen LogP contribution in [-0.4, -0.2) is 9.13 Å². The number of hydrogen-bond acceptors (Lipinski definition) is 0. The maximum atomic E-state index is 13.9.